The molecule has 1 amide bonds. The Kier molecular flexibility index (Phi) is 3.88. The van der Waals surface area contributed by atoms with E-state index in [9.17, 15) is 4.79 Å². The number of carbonyl (C=O) groups is 1. The molecule has 16 heavy (non-hydrogen) atoms. The van der Waals surface area contributed by atoms with Gasteiger partial charge in [-0.1, -0.05) is 15.9 Å². The van der Waals surface area contributed by atoms with Crippen molar-refractivity contribution in [3.63, 3.8) is 0 Å². The molecule has 1 saturated carbocycles. The Bertz CT molecular complexity index is 358. The summed E-state index contributed by atoms with van der Waals surface area (Å²) in [5, 5.41) is 2.92. The van der Waals surface area contributed by atoms with E-state index in [4.69, 9.17) is 0 Å². The zero-order valence-corrected chi connectivity index (χ0v) is 10.5. The van der Waals surface area contributed by atoms with E-state index < -0.39 is 0 Å². The van der Waals surface area contributed by atoms with E-state index >= 15 is 0 Å². The van der Waals surface area contributed by atoms with Gasteiger partial charge in [-0.25, -0.2) is 9.97 Å². The van der Waals surface area contributed by atoms with Crippen LogP contribution in [-0.4, -0.2) is 27.2 Å². The maximum atomic E-state index is 11.7. The first kappa shape index (κ1) is 11.5. The van der Waals surface area contributed by atoms with E-state index in [-0.39, 0.29) is 5.91 Å². The zero-order valence-electron chi connectivity index (χ0n) is 8.90. The third kappa shape index (κ3) is 3.01. The number of aromatic nitrogens is 2. The van der Waals surface area contributed by atoms with E-state index in [1.165, 1.54) is 31.6 Å². The lowest BCUT2D eigenvalue weighted by atomic mass is 10.1. The summed E-state index contributed by atoms with van der Waals surface area (Å²) in [5.74, 6) is 0.511. The summed E-state index contributed by atoms with van der Waals surface area (Å²) >= 11 is 3.60. The summed E-state index contributed by atoms with van der Waals surface area (Å²) < 4.78 is 0. The number of carbonyl (C=O) groups excluding carboxylic acids is 1. The van der Waals surface area contributed by atoms with Crippen LogP contribution >= 0.6 is 15.9 Å². The molecule has 1 N–H and O–H groups in total. The first-order valence-electron chi connectivity index (χ1n) is 5.43. The molecule has 0 aliphatic heterocycles. The highest BCUT2D eigenvalue weighted by molar-refractivity contribution is 9.09. The van der Waals surface area contributed by atoms with Crippen LogP contribution in [-0.2, 0) is 0 Å². The molecule has 0 saturated heterocycles. The minimum absolute atomic E-state index is 0.0846. The van der Waals surface area contributed by atoms with Crippen molar-refractivity contribution in [3.8, 4) is 0 Å². The SMILES string of the molecule is O=C(NCC1CCC(Br)C1)c1cncnc1. The second-order valence-electron chi connectivity index (χ2n) is 4.11. The molecule has 0 spiro atoms. The molecule has 1 fully saturated rings. The normalized spacial score (nSPS) is 24.3. The lowest BCUT2D eigenvalue weighted by Crippen LogP contribution is -2.28. The van der Waals surface area contributed by atoms with Crippen molar-refractivity contribution in [2.24, 2.45) is 5.92 Å². The maximum absolute atomic E-state index is 11.7. The number of halogens is 1. The van der Waals surface area contributed by atoms with Crippen LogP contribution in [0.25, 0.3) is 0 Å². The van der Waals surface area contributed by atoms with Gasteiger partial charge in [0.05, 0.1) is 5.56 Å². The molecule has 2 unspecified atom stereocenters. The van der Waals surface area contributed by atoms with Gasteiger partial charge >= 0.3 is 0 Å². The van der Waals surface area contributed by atoms with E-state index in [1.54, 1.807) is 0 Å². The Morgan fingerprint density at radius 2 is 2.19 bits per heavy atom. The van der Waals surface area contributed by atoms with Gasteiger partial charge in [0.2, 0.25) is 0 Å². The lowest BCUT2D eigenvalue weighted by molar-refractivity contribution is 0.0946. The summed E-state index contributed by atoms with van der Waals surface area (Å²) in [7, 11) is 0. The van der Waals surface area contributed by atoms with Gasteiger partial charge < -0.3 is 5.32 Å². The summed E-state index contributed by atoms with van der Waals surface area (Å²) in [6, 6.07) is 0. The highest BCUT2D eigenvalue weighted by atomic mass is 79.9. The Hall–Kier alpha value is -0.970. The van der Waals surface area contributed by atoms with Gasteiger partial charge in [0, 0.05) is 23.8 Å². The first-order valence-corrected chi connectivity index (χ1v) is 6.34. The van der Waals surface area contributed by atoms with Gasteiger partial charge in [0.1, 0.15) is 6.33 Å². The molecule has 86 valence electrons. The molecule has 1 aliphatic rings. The van der Waals surface area contributed by atoms with Crippen LogP contribution in [0, 0.1) is 5.92 Å². The monoisotopic (exact) mass is 283 g/mol. The number of hydrogen-bond acceptors (Lipinski definition) is 3. The van der Waals surface area contributed by atoms with Crippen molar-refractivity contribution in [2.45, 2.75) is 24.1 Å². The van der Waals surface area contributed by atoms with E-state index in [0.717, 1.165) is 13.0 Å². The quantitative estimate of drug-likeness (QED) is 0.861. The molecule has 2 rings (SSSR count). The van der Waals surface area contributed by atoms with Gasteiger partial charge in [-0.15, -0.1) is 0 Å². The average molecular weight is 284 g/mol. The topological polar surface area (TPSA) is 54.9 Å². The Morgan fingerprint density at radius 3 is 2.81 bits per heavy atom. The average Bonchev–Trinajstić information content (AvgIpc) is 2.73. The zero-order chi connectivity index (χ0) is 11.4. The fraction of sp³-hybridized carbons (Fsp3) is 0.545. The Balaban J connectivity index is 1.80. The van der Waals surface area contributed by atoms with Crippen molar-refractivity contribution >= 4 is 21.8 Å². The van der Waals surface area contributed by atoms with Crippen LogP contribution in [0.1, 0.15) is 29.6 Å². The van der Waals surface area contributed by atoms with E-state index in [0.29, 0.717) is 16.3 Å². The molecule has 2 atom stereocenters. The summed E-state index contributed by atoms with van der Waals surface area (Å²) in [6.45, 7) is 0.746. The second kappa shape index (κ2) is 5.39. The molecule has 0 radical (unpaired) electrons. The number of nitrogens with zero attached hydrogens (tertiary/aromatic N) is 2. The van der Waals surface area contributed by atoms with Crippen LogP contribution in [0.2, 0.25) is 0 Å². The highest BCUT2D eigenvalue weighted by Gasteiger charge is 2.22. The third-order valence-corrected chi connectivity index (χ3v) is 3.68. The number of alkyl halides is 1. The highest BCUT2D eigenvalue weighted by Crippen LogP contribution is 2.29. The number of nitrogens with one attached hydrogen (secondary N) is 1. The van der Waals surface area contributed by atoms with Crippen LogP contribution in [0.15, 0.2) is 18.7 Å². The number of hydrogen-bond donors (Lipinski definition) is 1. The fourth-order valence-corrected chi connectivity index (χ4v) is 2.75. The van der Waals surface area contributed by atoms with Crippen molar-refractivity contribution in [1.29, 1.82) is 0 Å². The van der Waals surface area contributed by atoms with E-state index in [1.807, 2.05) is 0 Å². The smallest absolute Gasteiger partial charge is 0.254 e. The van der Waals surface area contributed by atoms with Gasteiger partial charge in [-0.2, -0.15) is 0 Å². The maximum Gasteiger partial charge on any atom is 0.254 e. The van der Waals surface area contributed by atoms with Crippen LogP contribution < -0.4 is 5.32 Å². The lowest BCUT2D eigenvalue weighted by Gasteiger charge is -2.10. The Labute approximate surface area is 103 Å². The van der Waals surface area contributed by atoms with Gasteiger partial charge in [0.25, 0.3) is 5.91 Å². The molecular formula is C11H14BrN3O. The molecule has 1 aromatic heterocycles. The van der Waals surface area contributed by atoms with Crippen molar-refractivity contribution in [2.75, 3.05) is 6.54 Å². The van der Waals surface area contributed by atoms with Crippen LogP contribution in [0.3, 0.4) is 0 Å². The fourth-order valence-electron chi connectivity index (χ4n) is 1.95. The van der Waals surface area contributed by atoms with E-state index in [2.05, 4.69) is 31.2 Å². The largest absolute Gasteiger partial charge is 0.352 e. The first-order chi connectivity index (χ1) is 7.75. The molecule has 1 aliphatic carbocycles. The molecule has 5 heteroatoms. The second-order valence-corrected chi connectivity index (χ2v) is 5.41. The van der Waals surface area contributed by atoms with Gasteiger partial charge in [-0.05, 0) is 25.2 Å². The van der Waals surface area contributed by atoms with Crippen molar-refractivity contribution < 1.29 is 4.79 Å². The van der Waals surface area contributed by atoms with Crippen LogP contribution in [0.5, 0.6) is 0 Å². The Morgan fingerprint density at radius 1 is 1.44 bits per heavy atom. The van der Waals surface area contributed by atoms with Gasteiger partial charge in [-0.3, -0.25) is 4.79 Å². The molecule has 1 aromatic rings. The number of rotatable bonds is 3. The van der Waals surface area contributed by atoms with Crippen LogP contribution in [0.4, 0.5) is 0 Å². The minimum atomic E-state index is -0.0846. The summed E-state index contributed by atoms with van der Waals surface area (Å²) in [6.07, 6.45) is 8.01. The standard InChI is InChI=1S/C11H14BrN3O/c12-10-2-1-8(3-10)4-15-11(16)9-5-13-7-14-6-9/h5-8,10H,1-4H2,(H,15,16). The summed E-state index contributed by atoms with van der Waals surface area (Å²) in [5.41, 5.74) is 0.524. The minimum Gasteiger partial charge on any atom is -0.352 e. The van der Waals surface area contributed by atoms with Crippen molar-refractivity contribution in [3.05, 3.63) is 24.3 Å². The van der Waals surface area contributed by atoms with Gasteiger partial charge in [0.15, 0.2) is 0 Å². The van der Waals surface area contributed by atoms with Crippen molar-refractivity contribution in [1.82, 2.24) is 15.3 Å². The molecule has 1 heterocycles. The molecule has 4 nitrogen and oxygen atoms in total. The third-order valence-electron chi connectivity index (χ3n) is 2.85. The molecular weight excluding hydrogens is 270 g/mol. The predicted octanol–water partition coefficient (Wildman–Crippen LogP) is 1.77. The number of amides is 1. The summed E-state index contributed by atoms with van der Waals surface area (Å²) in [4.78, 5) is 19.9. The molecule has 0 bridgehead atoms. The molecule has 0 aromatic carbocycles. The predicted molar refractivity (Wildman–Crippen MR) is 64.4 cm³/mol.